The molecule has 1 saturated carbocycles. The molecule has 0 unspecified atom stereocenters. The number of carbonyl (C=O) groups is 2. The highest BCUT2D eigenvalue weighted by molar-refractivity contribution is 5.96. The van der Waals surface area contributed by atoms with Crippen molar-refractivity contribution in [3.63, 3.8) is 0 Å². The molecule has 0 bridgehead atoms. The van der Waals surface area contributed by atoms with Gasteiger partial charge in [0.1, 0.15) is 12.7 Å². The number of carbonyl (C=O) groups excluding carboxylic acids is 2. The van der Waals surface area contributed by atoms with Crippen molar-refractivity contribution in [3.05, 3.63) is 54.1 Å². The first-order valence-corrected chi connectivity index (χ1v) is 10.8. The lowest BCUT2D eigenvalue weighted by Gasteiger charge is -2.26. The first-order chi connectivity index (χ1) is 14.7. The van der Waals surface area contributed by atoms with E-state index in [4.69, 9.17) is 9.47 Å². The largest absolute Gasteiger partial charge is 0.486 e. The molecule has 1 aliphatic heterocycles. The van der Waals surface area contributed by atoms with Gasteiger partial charge >= 0.3 is 0 Å². The summed E-state index contributed by atoms with van der Waals surface area (Å²) in [6.07, 6.45) is 6.50. The van der Waals surface area contributed by atoms with Gasteiger partial charge in [0, 0.05) is 23.7 Å². The second kappa shape index (κ2) is 9.65. The molecule has 2 aliphatic rings. The number of anilines is 1. The van der Waals surface area contributed by atoms with Crippen LogP contribution in [0.3, 0.4) is 0 Å². The molecule has 0 spiro atoms. The molecule has 158 valence electrons. The van der Waals surface area contributed by atoms with E-state index < -0.39 is 0 Å². The molecular formula is C24H28N2O4. The molecule has 2 amide bonds. The van der Waals surface area contributed by atoms with E-state index in [1.165, 1.54) is 19.3 Å². The van der Waals surface area contributed by atoms with E-state index in [0.717, 1.165) is 24.3 Å². The Morgan fingerprint density at radius 1 is 0.933 bits per heavy atom. The van der Waals surface area contributed by atoms with Gasteiger partial charge in [-0.3, -0.25) is 9.59 Å². The van der Waals surface area contributed by atoms with Crippen LogP contribution < -0.4 is 20.1 Å². The smallest absolute Gasteiger partial charge is 0.251 e. The minimum atomic E-state index is -0.142. The summed E-state index contributed by atoms with van der Waals surface area (Å²) < 4.78 is 11.6. The van der Waals surface area contributed by atoms with Crippen molar-refractivity contribution in [2.24, 2.45) is 0 Å². The van der Waals surface area contributed by atoms with Crippen molar-refractivity contribution >= 4 is 17.5 Å². The molecule has 1 atom stereocenters. The first-order valence-electron chi connectivity index (χ1n) is 10.8. The average molecular weight is 408 g/mol. The lowest BCUT2D eigenvalue weighted by atomic mass is 9.95. The summed E-state index contributed by atoms with van der Waals surface area (Å²) >= 11 is 0. The van der Waals surface area contributed by atoms with Gasteiger partial charge in [0.2, 0.25) is 5.91 Å². The molecule has 2 aromatic rings. The van der Waals surface area contributed by atoms with Crippen molar-refractivity contribution in [2.45, 2.75) is 57.1 Å². The van der Waals surface area contributed by atoms with Crippen molar-refractivity contribution in [1.29, 1.82) is 0 Å². The molecular weight excluding hydrogens is 380 g/mol. The van der Waals surface area contributed by atoms with Crippen LogP contribution >= 0.6 is 0 Å². The number of hydrogen-bond donors (Lipinski definition) is 2. The number of benzene rings is 2. The molecule has 2 aromatic carbocycles. The van der Waals surface area contributed by atoms with Crippen LogP contribution in [0.4, 0.5) is 5.69 Å². The van der Waals surface area contributed by atoms with Gasteiger partial charge in [0.25, 0.3) is 5.91 Å². The normalized spacial score (nSPS) is 18.5. The van der Waals surface area contributed by atoms with E-state index in [9.17, 15) is 9.59 Å². The number of hydrogen-bond acceptors (Lipinski definition) is 4. The zero-order valence-corrected chi connectivity index (χ0v) is 17.1. The highest BCUT2D eigenvalue weighted by atomic mass is 16.6. The minimum Gasteiger partial charge on any atom is -0.486 e. The van der Waals surface area contributed by atoms with Crippen molar-refractivity contribution < 1.29 is 19.1 Å². The quantitative estimate of drug-likeness (QED) is 0.747. The molecule has 0 saturated heterocycles. The van der Waals surface area contributed by atoms with Crippen molar-refractivity contribution in [2.75, 3.05) is 11.9 Å². The monoisotopic (exact) mass is 408 g/mol. The van der Waals surface area contributed by atoms with Crippen LogP contribution in [-0.4, -0.2) is 30.6 Å². The average Bonchev–Trinajstić information content (AvgIpc) is 2.79. The molecule has 6 heteroatoms. The van der Waals surface area contributed by atoms with E-state index >= 15 is 0 Å². The lowest BCUT2D eigenvalue weighted by molar-refractivity contribution is -0.116. The number of amides is 2. The molecule has 6 nitrogen and oxygen atoms in total. The fourth-order valence-electron chi connectivity index (χ4n) is 3.94. The van der Waals surface area contributed by atoms with Crippen molar-refractivity contribution in [1.82, 2.24) is 5.32 Å². The SMILES string of the molecule is O=C(CC[C@@H]1COc2ccccc2O1)Nc1ccc(C(=O)NC2CCCCC2)cc1. The molecule has 0 aromatic heterocycles. The van der Waals surface area contributed by atoms with Gasteiger partial charge in [-0.25, -0.2) is 0 Å². The summed E-state index contributed by atoms with van der Waals surface area (Å²) in [6, 6.07) is 14.9. The van der Waals surface area contributed by atoms with Gasteiger partial charge in [-0.05, 0) is 55.7 Å². The van der Waals surface area contributed by atoms with Gasteiger partial charge in [0.05, 0.1) is 0 Å². The summed E-state index contributed by atoms with van der Waals surface area (Å²) in [5, 5.41) is 5.99. The van der Waals surface area contributed by atoms with Gasteiger partial charge in [-0.1, -0.05) is 31.4 Å². The standard InChI is InChI=1S/C24H28N2O4/c27-23(15-14-20-16-29-21-8-4-5-9-22(21)30-20)25-19-12-10-17(11-13-19)24(28)26-18-6-2-1-3-7-18/h4-5,8-13,18,20H,1-3,6-7,14-16H2,(H,25,27)(H,26,28)/t20-/m1/s1. The third kappa shape index (κ3) is 5.32. The van der Waals surface area contributed by atoms with E-state index in [0.29, 0.717) is 30.7 Å². The second-order valence-electron chi connectivity index (χ2n) is 7.97. The number of ether oxygens (including phenoxy) is 2. The Morgan fingerprint density at radius 3 is 2.43 bits per heavy atom. The summed E-state index contributed by atoms with van der Waals surface area (Å²) in [5.41, 5.74) is 1.30. The Hall–Kier alpha value is -3.02. The van der Waals surface area contributed by atoms with E-state index in [-0.39, 0.29) is 24.0 Å². The van der Waals surface area contributed by atoms with Gasteiger partial charge in [-0.2, -0.15) is 0 Å². The molecule has 30 heavy (non-hydrogen) atoms. The number of fused-ring (bicyclic) bond motifs is 1. The Balaban J connectivity index is 1.22. The van der Waals surface area contributed by atoms with E-state index in [1.807, 2.05) is 24.3 Å². The minimum absolute atomic E-state index is 0.0468. The molecule has 2 N–H and O–H groups in total. The fourth-order valence-corrected chi connectivity index (χ4v) is 3.94. The maximum Gasteiger partial charge on any atom is 0.251 e. The highest BCUT2D eigenvalue weighted by Gasteiger charge is 2.21. The summed E-state index contributed by atoms with van der Waals surface area (Å²) in [6.45, 7) is 0.440. The first kappa shape index (κ1) is 20.3. The van der Waals surface area contributed by atoms with Gasteiger partial charge in [-0.15, -0.1) is 0 Å². The predicted octanol–water partition coefficient (Wildman–Crippen LogP) is 4.31. The number of nitrogens with one attached hydrogen (secondary N) is 2. The number of para-hydroxylation sites is 2. The Labute approximate surface area is 177 Å². The van der Waals surface area contributed by atoms with Crippen LogP contribution in [0, 0.1) is 0 Å². The van der Waals surface area contributed by atoms with Crippen LogP contribution in [0.5, 0.6) is 11.5 Å². The van der Waals surface area contributed by atoms with Crippen LogP contribution in [0.15, 0.2) is 48.5 Å². The highest BCUT2D eigenvalue weighted by Crippen LogP contribution is 2.31. The van der Waals surface area contributed by atoms with Crippen LogP contribution in [0.25, 0.3) is 0 Å². The van der Waals surface area contributed by atoms with Crippen molar-refractivity contribution in [3.8, 4) is 11.5 Å². The molecule has 1 heterocycles. The maximum atomic E-state index is 12.4. The Morgan fingerprint density at radius 2 is 1.67 bits per heavy atom. The van der Waals surface area contributed by atoms with E-state index in [2.05, 4.69) is 10.6 Å². The van der Waals surface area contributed by atoms with Gasteiger partial charge in [0.15, 0.2) is 11.5 Å². The molecule has 1 aliphatic carbocycles. The third-order valence-electron chi connectivity index (χ3n) is 5.63. The van der Waals surface area contributed by atoms with Crippen LogP contribution in [-0.2, 0) is 4.79 Å². The zero-order chi connectivity index (χ0) is 20.8. The topological polar surface area (TPSA) is 76.7 Å². The summed E-state index contributed by atoms with van der Waals surface area (Å²) in [5.74, 6) is 1.33. The zero-order valence-electron chi connectivity index (χ0n) is 17.1. The predicted molar refractivity (Wildman–Crippen MR) is 115 cm³/mol. The van der Waals surface area contributed by atoms with Gasteiger partial charge < -0.3 is 20.1 Å². The lowest BCUT2D eigenvalue weighted by Crippen LogP contribution is -2.36. The van der Waals surface area contributed by atoms with E-state index in [1.54, 1.807) is 24.3 Å². The molecule has 0 radical (unpaired) electrons. The molecule has 4 rings (SSSR count). The number of rotatable bonds is 6. The van der Waals surface area contributed by atoms with Crippen LogP contribution in [0.2, 0.25) is 0 Å². The Kier molecular flexibility index (Phi) is 6.52. The second-order valence-corrected chi connectivity index (χ2v) is 7.97. The summed E-state index contributed by atoms with van der Waals surface area (Å²) in [7, 11) is 0. The molecule has 1 fully saturated rings. The third-order valence-corrected chi connectivity index (χ3v) is 5.63. The maximum absolute atomic E-state index is 12.4. The summed E-state index contributed by atoms with van der Waals surface area (Å²) in [4.78, 5) is 24.7. The Bertz CT molecular complexity index is 875. The fraction of sp³-hybridized carbons (Fsp3) is 0.417. The van der Waals surface area contributed by atoms with Crippen LogP contribution in [0.1, 0.15) is 55.3 Å².